The van der Waals surface area contributed by atoms with Crippen LogP contribution in [0.15, 0.2) is 315 Å². The largest absolute Gasteiger partial charge is 0.309 e. The van der Waals surface area contributed by atoms with Crippen molar-refractivity contribution < 1.29 is 0 Å². The monoisotopic (exact) mass is 1190 g/mol. The van der Waals surface area contributed by atoms with Gasteiger partial charge in [-0.1, -0.05) is 237 Å². The normalized spacial score (nSPS) is 13.5. The molecular weight excluding hydrogens is 1140 g/mol. The Morgan fingerprint density at radius 3 is 1.15 bits per heavy atom. The highest BCUT2D eigenvalue weighted by Gasteiger charge is 2.25. The second-order valence-corrected chi connectivity index (χ2v) is 26.6. The van der Waals surface area contributed by atoms with Crippen LogP contribution in [0, 0.1) is 0 Å². The zero-order valence-corrected chi connectivity index (χ0v) is 51.2. The van der Waals surface area contributed by atoms with E-state index in [-0.39, 0.29) is 0 Å². The lowest BCUT2D eigenvalue weighted by atomic mass is 9.88. The van der Waals surface area contributed by atoms with Crippen LogP contribution in [0.4, 0.5) is 0 Å². The minimum absolute atomic E-state index is 0.302. The average molecular weight is 1190 g/mol. The molecule has 3 aromatic heterocycles. The third-order valence-electron chi connectivity index (χ3n) is 19.4. The molecule has 15 aromatic carbocycles. The molecule has 1 atom stereocenters. The van der Waals surface area contributed by atoms with Gasteiger partial charge in [0.2, 0.25) is 0 Å². The molecule has 0 saturated carbocycles. The molecule has 0 aliphatic heterocycles. The number of allylic oxidation sites excluding steroid dienone is 4. The Morgan fingerprint density at radius 2 is 0.681 bits per heavy atom. The molecule has 424 valence electrons. The fraction of sp³-hybridized carbons (Fsp3) is 0.0227. The topological polar surface area (TPSA) is 4.93 Å². The van der Waals surface area contributed by atoms with Crippen LogP contribution in [0.3, 0.4) is 0 Å². The van der Waals surface area contributed by atoms with Crippen LogP contribution < -0.4 is 0 Å². The molecular formula is C88H55NS2. The van der Waals surface area contributed by atoms with Crippen LogP contribution in [0.5, 0.6) is 0 Å². The summed E-state index contributed by atoms with van der Waals surface area (Å²) in [5.41, 5.74) is 22.0. The highest BCUT2D eigenvalue weighted by atomic mass is 32.1. The molecule has 1 nitrogen and oxygen atoms in total. The molecule has 0 spiro atoms. The lowest BCUT2D eigenvalue weighted by molar-refractivity contribution is 0.856. The fourth-order valence-corrected chi connectivity index (χ4v) is 17.7. The maximum atomic E-state index is 2.56. The molecule has 3 heteroatoms. The first-order chi connectivity index (χ1) is 45.1. The second-order valence-electron chi connectivity index (χ2n) is 24.6. The van der Waals surface area contributed by atoms with Gasteiger partial charge in [0.1, 0.15) is 0 Å². The minimum Gasteiger partial charge on any atom is -0.309 e. The van der Waals surface area contributed by atoms with E-state index in [1.807, 2.05) is 22.7 Å². The van der Waals surface area contributed by atoms with Crippen LogP contribution in [0.25, 0.3) is 178 Å². The molecule has 0 fully saturated rings. The van der Waals surface area contributed by atoms with E-state index in [2.05, 4.69) is 320 Å². The van der Waals surface area contributed by atoms with E-state index in [4.69, 9.17) is 0 Å². The number of nitrogens with zero attached hydrogens (tertiary/aromatic N) is 1. The van der Waals surface area contributed by atoms with E-state index in [9.17, 15) is 0 Å². The summed E-state index contributed by atoms with van der Waals surface area (Å²) in [4.78, 5) is 0. The maximum Gasteiger partial charge on any atom is 0.0541 e. The Kier molecular flexibility index (Phi) is 11.9. The number of hydrogen-bond donors (Lipinski definition) is 0. The summed E-state index contributed by atoms with van der Waals surface area (Å²) in [5.74, 6) is 0.302. The van der Waals surface area contributed by atoms with Gasteiger partial charge in [-0.3, -0.25) is 0 Å². The predicted octanol–water partition coefficient (Wildman–Crippen LogP) is 25.7. The van der Waals surface area contributed by atoms with Gasteiger partial charge in [0.25, 0.3) is 0 Å². The standard InChI is InChI=1S/C88H55NS2/c1-7-20-54(21-8-1)65-46-70(58-28-15-5-16-29-58)85-76(50-65)78-52-67(56-24-11-3-12-25-56)48-72(87(78)90-85)63-38-42-81-74(44-63)75-45-64(39-43-82(75)89(81)80-41-37-62-35-34-60-32-19-33-61-36-40-69(80)84(62)83(60)61)73-49-68(57-26-13-4-14-27-57)53-79-77-51-66(55-22-9-2-10-23-55)47-71(86(77)91-88(73)79)59-30-17-6-18-31-59/h1-22,24-53,55H,23H2. The van der Waals surface area contributed by atoms with Gasteiger partial charge in [-0.05, 0) is 179 Å². The van der Waals surface area contributed by atoms with Gasteiger partial charge < -0.3 is 4.57 Å². The van der Waals surface area contributed by atoms with Crippen molar-refractivity contribution >= 4 is 117 Å². The molecule has 1 aliphatic rings. The van der Waals surface area contributed by atoms with E-state index < -0.39 is 0 Å². The Labute approximate surface area is 535 Å². The van der Waals surface area contributed by atoms with Crippen LogP contribution in [-0.4, -0.2) is 4.57 Å². The smallest absolute Gasteiger partial charge is 0.0541 e. The molecule has 3 heterocycles. The van der Waals surface area contributed by atoms with Crippen molar-refractivity contribution in [3.05, 3.63) is 321 Å². The minimum atomic E-state index is 0.302. The van der Waals surface area contributed by atoms with Gasteiger partial charge in [0.05, 0.1) is 16.7 Å². The number of fused-ring (bicyclic) bond motifs is 9. The lowest BCUT2D eigenvalue weighted by Gasteiger charge is -2.16. The van der Waals surface area contributed by atoms with Crippen molar-refractivity contribution in [3.8, 4) is 83.6 Å². The van der Waals surface area contributed by atoms with Crippen LogP contribution in [-0.2, 0) is 0 Å². The van der Waals surface area contributed by atoms with Crippen molar-refractivity contribution in [1.82, 2.24) is 4.57 Å². The molecule has 0 amide bonds. The summed E-state index contributed by atoms with van der Waals surface area (Å²) in [6, 6.07) is 110. The Hall–Kier alpha value is -10.9. The Balaban J connectivity index is 0.898. The van der Waals surface area contributed by atoms with Crippen molar-refractivity contribution in [2.24, 2.45) is 0 Å². The van der Waals surface area contributed by atoms with E-state index >= 15 is 0 Å². The van der Waals surface area contributed by atoms with E-state index in [0.717, 1.165) is 6.42 Å². The van der Waals surface area contributed by atoms with E-state index in [1.165, 1.54) is 184 Å². The number of rotatable bonds is 9. The van der Waals surface area contributed by atoms with Crippen LogP contribution >= 0.6 is 22.7 Å². The molecule has 91 heavy (non-hydrogen) atoms. The molecule has 1 unspecified atom stereocenters. The lowest BCUT2D eigenvalue weighted by Crippen LogP contribution is -1.97. The summed E-state index contributed by atoms with van der Waals surface area (Å²) in [6.07, 6.45) is 10.1. The summed E-state index contributed by atoms with van der Waals surface area (Å²) in [5, 5.41) is 15.2. The van der Waals surface area contributed by atoms with E-state index in [0.29, 0.717) is 5.92 Å². The quantitative estimate of drug-likeness (QED) is 0.127. The predicted molar refractivity (Wildman–Crippen MR) is 394 cm³/mol. The fourth-order valence-electron chi connectivity index (χ4n) is 15.0. The SMILES string of the molecule is C1=CCC(c2cc(-c3ccccc3)c3sc4c(-c5ccc6c(c5)c5cc(-c7cc(-c8ccccc8)cc8c7sc7c(-c9ccccc9)cc(-c9ccccc9)cc78)ccc5n6-c5ccc6ccc7cccc8ccc5c6c78)cc(-c5ccccc5)cc4c3c2)C=C1. The third-order valence-corrected chi connectivity index (χ3v) is 22.0. The summed E-state index contributed by atoms with van der Waals surface area (Å²) >= 11 is 3.87. The van der Waals surface area contributed by atoms with Gasteiger partial charge in [-0.15, -0.1) is 22.7 Å². The highest BCUT2D eigenvalue weighted by Crippen LogP contribution is 2.52. The van der Waals surface area contributed by atoms with Gasteiger partial charge in [-0.2, -0.15) is 0 Å². The first-order valence-electron chi connectivity index (χ1n) is 31.6. The Bertz CT molecular complexity index is 5990. The summed E-state index contributed by atoms with van der Waals surface area (Å²) < 4.78 is 7.76. The molecule has 19 rings (SSSR count). The van der Waals surface area contributed by atoms with Gasteiger partial charge >= 0.3 is 0 Å². The maximum absolute atomic E-state index is 2.56. The second kappa shape index (κ2) is 20.8. The molecule has 0 bridgehead atoms. The summed E-state index contributed by atoms with van der Waals surface area (Å²) in [6.45, 7) is 0. The molecule has 1 aliphatic carbocycles. The van der Waals surface area contributed by atoms with Gasteiger partial charge in [0, 0.05) is 79.1 Å². The number of aromatic nitrogens is 1. The van der Waals surface area contributed by atoms with Crippen molar-refractivity contribution in [3.63, 3.8) is 0 Å². The first kappa shape index (κ1) is 52.0. The summed E-state index contributed by atoms with van der Waals surface area (Å²) in [7, 11) is 0. The molecule has 0 radical (unpaired) electrons. The Morgan fingerprint density at radius 1 is 0.275 bits per heavy atom. The number of benzene rings is 15. The zero-order chi connectivity index (χ0) is 59.7. The van der Waals surface area contributed by atoms with E-state index in [1.54, 1.807) is 0 Å². The number of thiophene rings is 2. The van der Waals surface area contributed by atoms with Crippen molar-refractivity contribution in [1.29, 1.82) is 0 Å². The van der Waals surface area contributed by atoms with Crippen LogP contribution in [0.1, 0.15) is 17.9 Å². The third kappa shape index (κ3) is 8.43. The van der Waals surface area contributed by atoms with Crippen molar-refractivity contribution in [2.75, 3.05) is 0 Å². The molecule has 0 saturated heterocycles. The zero-order valence-electron chi connectivity index (χ0n) is 49.6. The number of hydrogen-bond acceptors (Lipinski definition) is 2. The molecule has 0 N–H and O–H groups in total. The van der Waals surface area contributed by atoms with Gasteiger partial charge in [-0.25, -0.2) is 0 Å². The van der Waals surface area contributed by atoms with Gasteiger partial charge in [0.15, 0.2) is 0 Å². The highest BCUT2D eigenvalue weighted by molar-refractivity contribution is 7.27. The van der Waals surface area contributed by atoms with Crippen molar-refractivity contribution in [2.45, 2.75) is 12.3 Å². The first-order valence-corrected chi connectivity index (χ1v) is 33.2. The average Bonchev–Trinajstić information content (AvgIpc) is 1.53. The molecule has 18 aromatic rings. The van der Waals surface area contributed by atoms with Crippen LogP contribution in [0.2, 0.25) is 0 Å².